The van der Waals surface area contributed by atoms with Crippen LogP contribution >= 0.6 is 0 Å². The summed E-state index contributed by atoms with van der Waals surface area (Å²) in [6.07, 6.45) is 2.13. The van der Waals surface area contributed by atoms with Gasteiger partial charge in [-0.05, 0) is 25.8 Å². The second kappa shape index (κ2) is 4.00. The van der Waals surface area contributed by atoms with Crippen LogP contribution in [0.25, 0.3) is 0 Å². The van der Waals surface area contributed by atoms with Crippen molar-refractivity contribution in [1.29, 1.82) is 0 Å². The van der Waals surface area contributed by atoms with Gasteiger partial charge in [-0.25, -0.2) is 8.42 Å². The Morgan fingerprint density at radius 2 is 2.25 bits per heavy atom. The van der Waals surface area contributed by atoms with E-state index in [1.165, 1.54) is 7.11 Å². The zero-order valence-corrected chi connectivity index (χ0v) is 10.2. The van der Waals surface area contributed by atoms with Crippen LogP contribution < -0.4 is 5.32 Å². The molecule has 2 aliphatic heterocycles. The van der Waals surface area contributed by atoms with Crippen molar-refractivity contribution in [3.63, 3.8) is 0 Å². The fraction of sp³-hybridized carbons (Fsp3) is 0.900. The van der Waals surface area contributed by atoms with Crippen LogP contribution in [0.3, 0.4) is 0 Å². The molecule has 2 atom stereocenters. The number of carbonyl (C=O) groups is 1. The van der Waals surface area contributed by atoms with E-state index in [0.29, 0.717) is 12.8 Å². The minimum absolute atomic E-state index is 0.106. The molecule has 2 unspecified atom stereocenters. The molecule has 0 bridgehead atoms. The fourth-order valence-corrected chi connectivity index (χ4v) is 4.70. The van der Waals surface area contributed by atoms with Crippen molar-refractivity contribution in [3.8, 4) is 0 Å². The summed E-state index contributed by atoms with van der Waals surface area (Å²) < 4.78 is 27.8. The van der Waals surface area contributed by atoms with Crippen LogP contribution in [0.4, 0.5) is 0 Å². The first-order chi connectivity index (χ1) is 7.50. The summed E-state index contributed by atoms with van der Waals surface area (Å²) in [6, 6.07) is 0. The number of esters is 1. The van der Waals surface area contributed by atoms with Crippen LogP contribution in [0.5, 0.6) is 0 Å². The van der Waals surface area contributed by atoms with Crippen molar-refractivity contribution in [1.82, 2.24) is 5.32 Å². The van der Waals surface area contributed by atoms with Crippen LogP contribution in [-0.4, -0.2) is 45.1 Å². The number of rotatable bonds is 2. The normalized spacial score (nSPS) is 37.4. The number of sulfone groups is 1. The summed E-state index contributed by atoms with van der Waals surface area (Å²) in [5, 5.41) is 3.16. The summed E-state index contributed by atoms with van der Waals surface area (Å²) in [4.78, 5) is 11.9. The molecule has 2 heterocycles. The first kappa shape index (κ1) is 11.9. The van der Waals surface area contributed by atoms with Gasteiger partial charge in [0.1, 0.15) is 5.54 Å². The molecule has 0 aromatic carbocycles. The number of hydrogen-bond acceptors (Lipinski definition) is 5. The summed E-state index contributed by atoms with van der Waals surface area (Å²) in [5.74, 6) is -0.146. The summed E-state index contributed by atoms with van der Waals surface area (Å²) >= 11 is 0. The quantitative estimate of drug-likeness (QED) is 0.679. The van der Waals surface area contributed by atoms with Crippen molar-refractivity contribution in [3.05, 3.63) is 0 Å². The molecule has 6 heteroatoms. The highest BCUT2D eigenvalue weighted by molar-refractivity contribution is 7.91. The Labute approximate surface area is 95.5 Å². The van der Waals surface area contributed by atoms with E-state index in [4.69, 9.17) is 4.74 Å². The summed E-state index contributed by atoms with van der Waals surface area (Å²) in [7, 11) is -1.61. The SMILES string of the molecule is COC(=O)C1(C2CCS(=O)(=O)C2)CCCN1. The van der Waals surface area contributed by atoms with Gasteiger partial charge >= 0.3 is 5.97 Å². The Balaban J connectivity index is 2.24. The average Bonchev–Trinajstić information content (AvgIpc) is 2.84. The molecule has 1 N–H and O–H groups in total. The van der Waals surface area contributed by atoms with E-state index in [1.54, 1.807) is 0 Å². The minimum Gasteiger partial charge on any atom is -0.468 e. The number of ether oxygens (including phenoxy) is 1. The first-order valence-electron chi connectivity index (χ1n) is 5.54. The molecule has 0 amide bonds. The highest BCUT2D eigenvalue weighted by atomic mass is 32.2. The molecule has 0 radical (unpaired) electrons. The lowest BCUT2D eigenvalue weighted by Crippen LogP contribution is -2.54. The van der Waals surface area contributed by atoms with Gasteiger partial charge in [0.25, 0.3) is 0 Å². The Morgan fingerprint density at radius 1 is 1.50 bits per heavy atom. The van der Waals surface area contributed by atoms with Crippen LogP contribution in [0.15, 0.2) is 0 Å². The monoisotopic (exact) mass is 247 g/mol. The molecule has 2 rings (SSSR count). The third kappa shape index (κ3) is 1.84. The Morgan fingerprint density at radius 3 is 2.69 bits per heavy atom. The number of methoxy groups -OCH3 is 1. The van der Waals surface area contributed by atoms with Gasteiger partial charge in [-0.15, -0.1) is 0 Å². The summed E-state index contributed by atoms with van der Waals surface area (Å²) in [5.41, 5.74) is -0.752. The van der Waals surface area contributed by atoms with Gasteiger partial charge in [0.05, 0.1) is 18.6 Å². The van der Waals surface area contributed by atoms with Gasteiger partial charge < -0.3 is 10.1 Å². The van der Waals surface area contributed by atoms with E-state index >= 15 is 0 Å². The van der Waals surface area contributed by atoms with Crippen LogP contribution in [0.1, 0.15) is 19.3 Å². The predicted octanol–water partition coefficient (Wildman–Crippen LogP) is -0.284. The molecule has 0 aromatic rings. The molecule has 92 valence electrons. The molecule has 2 aliphatic rings. The highest BCUT2D eigenvalue weighted by Gasteiger charge is 2.52. The highest BCUT2D eigenvalue weighted by Crippen LogP contribution is 2.36. The van der Waals surface area contributed by atoms with Crippen molar-refractivity contribution in [2.45, 2.75) is 24.8 Å². The van der Waals surface area contributed by atoms with E-state index < -0.39 is 15.4 Å². The van der Waals surface area contributed by atoms with Gasteiger partial charge in [0.2, 0.25) is 0 Å². The van der Waals surface area contributed by atoms with Gasteiger partial charge in [-0.3, -0.25) is 4.79 Å². The zero-order chi connectivity index (χ0) is 11.8. The van der Waals surface area contributed by atoms with Crippen molar-refractivity contribution < 1.29 is 17.9 Å². The molecule has 16 heavy (non-hydrogen) atoms. The topological polar surface area (TPSA) is 72.5 Å². The molecule has 0 spiro atoms. The van der Waals surface area contributed by atoms with E-state index in [0.717, 1.165) is 13.0 Å². The molecule has 0 saturated carbocycles. The third-order valence-electron chi connectivity index (χ3n) is 3.67. The minimum atomic E-state index is -2.96. The van der Waals surface area contributed by atoms with E-state index in [-0.39, 0.29) is 23.4 Å². The standard InChI is InChI=1S/C10H17NO4S/c1-15-9(12)10(4-2-5-11-10)8-3-6-16(13,14)7-8/h8,11H,2-7H2,1H3. The lowest BCUT2D eigenvalue weighted by Gasteiger charge is -2.31. The molecule has 2 fully saturated rings. The molecule has 0 aliphatic carbocycles. The maximum absolute atomic E-state index is 11.9. The Kier molecular flexibility index (Phi) is 2.96. The average molecular weight is 247 g/mol. The largest absolute Gasteiger partial charge is 0.468 e. The van der Waals surface area contributed by atoms with Gasteiger partial charge in [-0.1, -0.05) is 0 Å². The zero-order valence-electron chi connectivity index (χ0n) is 9.36. The molecular weight excluding hydrogens is 230 g/mol. The van der Waals surface area contributed by atoms with Gasteiger partial charge in [0, 0.05) is 5.92 Å². The second-order valence-corrected chi connectivity index (χ2v) is 6.82. The van der Waals surface area contributed by atoms with Gasteiger partial charge in [0.15, 0.2) is 9.84 Å². The maximum atomic E-state index is 11.9. The fourth-order valence-electron chi connectivity index (χ4n) is 2.82. The Bertz CT molecular complexity index is 384. The predicted molar refractivity (Wildman–Crippen MR) is 58.7 cm³/mol. The number of carbonyl (C=O) groups excluding carboxylic acids is 1. The summed E-state index contributed by atoms with van der Waals surface area (Å²) in [6.45, 7) is 0.756. The molecule has 2 saturated heterocycles. The second-order valence-electron chi connectivity index (χ2n) is 4.59. The smallest absolute Gasteiger partial charge is 0.326 e. The Hall–Kier alpha value is -0.620. The van der Waals surface area contributed by atoms with Crippen LogP contribution in [0, 0.1) is 5.92 Å². The molecule has 0 aromatic heterocycles. The van der Waals surface area contributed by atoms with Crippen molar-refractivity contribution in [2.24, 2.45) is 5.92 Å². The lowest BCUT2D eigenvalue weighted by atomic mass is 9.82. The number of hydrogen-bond donors (Lipinski definition) is 1. The lowest BCUT2D eigenvalue weighted by molar-refractivity contribution is -0.150. The maximum Gasteiger partial charge on any atom is 0.326 e. The molecular formula is C10H17NO4S. The molecule has 5 nitrogen and oxygen atoms in total. The van der Waals surface area contributed by atoms with Crippen molar-refractivity contribution >= 4 is 15.8 Å². The van der Waals surface area contributed by atoms with Crippen LogP contribution in [0.2, 0.25) is 0 Å². The van der Waals surface area contributed by atoms with E-state index in [9.17, 15) is 13.2 Å². The van der Waals surface area contributed by atoms with Crippen LogP contribution in [-0.2, 0) is 19.4 Å². The number of nitrogens with one attached hydrogen (secondary N) is 1. The van der Waals surface area contributed by atoms with E-state index in [2.05, 4.69) is 5.32 Å². The third-order valence-corrected chi connectivity index (χ3v) is 5.44. The first-order valence-corrected chi connectivity index (χ1v) is 7.36. The van der Waals surface area contributed by atoms with E-state index in [1.807, 2.05) is 0 Å². The van der Waals surface area contributed by atoms with Gasteiger partial charge in [-0.2, -0.15) is 0 Å². The van der Waals surface area contributed by atoms with Crippen molar-refractivity contribution in [2.75, 3.05) is 25.2 Å².